The van der Waals surface area contributed by atoms with E-state index in [9.17, 15) is 4.79 Å². The van der Waals surface area contributed by atoms with E-state index in [1.165, 1.54) is 10.4 Å². The molecule has 0 spiro atoms. The van der Waals surface area contributed by atoms with Crippen molar-refractivity contribution >= 4 is 17.2 Å². The van der Waals surface area contributed by atoms with Crippen LogP contribution in [0, 0.1) is 0 Å². The van der Waals surface area contributed by atoms with E-state index in [1.54, 1.807) is 0 Å². The van der Waals surface area contributed by atoms with E-state index >= 15 is 0 Å². The van der Waals surface area contributed by atoms with Crippen molar-refractivity contribution in [3.05, 3.63) is 21.9 Å². The third-order valence-electron chi connectivity index (χ3n) is 4.70. The van der Waals surface area contributed by atoms with Gasteiger partial charge in [-0.2, -0.15) is 0 Å². The Hall–Kier alpha value is -0.910. The van der Waals surface area contributed by atoms with Crippen molar-refractivity contribution in [2.24, 2.45) is 0 Å². The molecule has 3 unspecified atom stereocenters. The molecular formula is C17H26N2O2S. The molecule has 4 nitrogen and oxygen atoms in total. The SMILES string of the molecule is CCC1c2ccsc2CCN1CC(=O)N1CC(C)OC(C)C1. The maximum atomic E-state index is 12.7. The Morgan fingerprint density at radius 3 is 2.77 bits per heavy atom. The highest BCUT2D eigenvalue weighted by Crippen LogP contribution is 2.35. The van der Waals surface area contributed by atoms with Gasteiger partial charge < -0.3 is 9.64 Å². The molecule has 3 heterocycles. The molecule has 1 amide bonds. The van der Waals surface area contributed by atoms with Gasteiger partial charge in [0.15, 0.2) is 0 Å². The van der Waals surface area contributed by atoms with Crippen molar-refractivity contribution < 1.29 is 9.53 Å². The molecule has 22 heavy (non-hydrogen) atoms. The number of rotatable bonds is 3. The standard InChI is InChI=1S/C17H26N2O2S/c1-4-15-14-6-8-22-16(14)5-7-18(15)11-17(20)19-9-12(2)21-13(3)10-19/h6,8,12-13,15H,4-5,7,9-11H2,1-3H3. The Bertz CT molecular complexity index is 520. The maximum Gasteiger partial charge on any atom is 0.236 e. The average molecular weight is 322 g/mol. The van der Waals surface area contributed by atoms with E-state index in [2.05, 4.69) is 23.3 Å². The first kappa shape index (κ1) is 16.0. The van der Waals surface area contributed by atoms with Crippen molar-refractivity contribution in [1.82, 2.24) is 9.80 Å². The van der Waals surface area contributed by atoms with Crippen LogP contribution in [0.15, 0.2) is 11.4 Å². The number of nitrogens with zero attached hydrogens (tertiary/aromatic N) is 2. The molecule has 2 aliphatic rings. The molecule has 0 N–H and O–H groups in total. The van der Waals surface area contributed by atoms with Gasteiger partial charge in [-0.25, -0.2) is 0 Å². The summed E-state index contributed by atoms with van der Waals surface area (Å²) in [5.74, 6) is 0.249. The van der Waals surface area contributed by atoms with E-state index in [0.29, 0.717) is 12.6 Å². The van der Waals surface area contributed by atoms with Crippen LogP contribution >= 0.6 is 11.3 Å². The number of carbonyl (C=O) groups excluding carboxylic acids is 1. The summed E-state index contributed by atoms with van der Waals surface area (Å²) >= 11 is 1.86. The largest absolute Gasteiger partial charge is 0.372 e. The second-order valence-electron chi connectivity index (χ2n) is 6.50. The Labute approximate surface area is 137 Å². The third-order valence-corrected chi connectivity index (χ3v) is 5.70. The van der Waals surface area contributed by atoms with Crippen molar-refractivity contribution in [3.63, 3.8) is 0 Å². The molecule has 1 saturated heterocycles. The molecule has 3 rings (SSSR count). The van der Waals surface area contributed by atoms with E-state index in [1.807, 2.05) is 30.1 Å². The van der Waals surface area contributed by atoms with Gasteiger partial charge in [0.05, 0.1) is 18.8 Å². The van der Waals surface area contributed by atoms with E-state index in [0.717, 1.165) is 32.5 Å². The van der Waals surface area contributed by atoms with Crippen molar-refractivity contribution in [2.75, 3.05) is 26.2 Å². The second kappa shape index (κ2) is 6.69. The van der Waals surface area contributed by atoms with Crippen molar-refractivity contribution in [3.8, 4) is 0 Å². The zero-order chi connectivity index (χ0) is 15.7. The van der Waals surface area contributed by atoms with Crippen LogP contribution in [0.4, 0.5) is 0 Å². The molecule has 1 aromatic heterocycles. The van der Waals surface area contributed by atoms with Gasteiger partial charge in [-0.3, -0.25) is 9.69 Å². The second-order valence-corrected chi connectivity index (χ2v) is 7.50. The average Bonchev–Trinajstić information content (AvgIpc) is 2.94. The van der Waals surface area contributed by atoms with Gasteiger partial charge in [-0.1, -0.05) is 6.92 Å². The highest BCUT2D eigenvalue weighted by molar-refractivity contribution is 7.10. The van der Waals surface area contributed by atoms with Gasteiger partial charge in [-0.15, -0.1) is 11.3 Å². The smallest absolute Gasteiger partial charge is 0.236 e. The van der Waals surface area contributed by atoms with Gasteiger partial charge in [0.25, 0.3) is 0 Å². The Morgan fingerprint density at radius 2 is 2.09 bits per heavy atom. The van der Waals surface area contributed by atoms with Gasteiger partial charge in [0, 0.05) is 30.6 Å². The van der Waals surface area contributed by atoms with Crippen LogP contribution in [0.3, 0.4) is 0 Å². The van der Waals surface area contributed by atoms with E-state index in [4.69, 9.17) is 4.74 Å². The normalized spacial score (nSPS) is 29.4. The van der Waals surface area contributed by atoms with Gasteiger partial charge in [0.1, 0.15) is 0 Å². The summed E-state index contributed by atoms with van der Waals surface area (Å²) in [4.78, 5) is 18.5. The maximum absolute atomic E-state index is 12.7. The predicted octanol–water partition coefficient (Wildman–Crippen LogP) is 2.69. The number of hydrogen-bond acceptors (Lipinski definition) is 4. The molecule has 0 bridgehead atoms. The summed E-state index contributed by atoms with van der Waals surface area (Å²) in [6.07, 6.45) is 2.42. The molecule has 2 aliphatic heterocycles. The molecule has 5 heteroatoms. The lowest BCUT2D eigenvalue weighted by Crippen LogP contribution is -2.51. The number of hydrogen-bond donors (Lipinski definition) is 0. The van der Waals surface area contributed by atoms with Crippen LogP contribution in [-0.2, 0) is 16.0 Å². The topological polar surface area (TPSA) is 32.8 Å². The summed E-state index contributed by atoms with van der Waals surface area (Å²) in [6.45, 7) is 9.27. The number of morpholine rings is 1. The van der Waals surface area contributed by atoms with Crippen LogP contribution in [-0.4, -0.2) is 54.1 Å². The van der Waals surface area contributed by atoms with Gasteiger partial charge in [0.2, 0.25) is 5.91 Å². The zero-order valence-electron chi connectivity index (χ0n) is 13.7. The lowest BCUT2D eigenvalue weighted by atomic mass is 9.98. The zero-order valence-corrected chi connectivity index (χ0v) is 14.6. The molecule has 1 fully saturated rings. The summed E-state index contributed by atoms with van der Waals surface area (Å²) < 4.78 is 5.73. The molecule has 0 aromatic carbocycles. The highest BCUT2D eigenvalue weighted by atomic mass is 32.1. The number of thiophene rings is 1. The van der Waals surface area contributed by atoms with E-state index in [-0.39, 0.29) is 18.1 Å². The minimum absolute atomic E-state index is 0.138. The predicted molar refractivity (Wildman–Crippen MR) is 89.2 cm³/mol. The van der Waals surface area contributed by atoms with Crippen LogP contribution in [0.5, 0.6) is 0 Å². The van der Waals surface area contributed by atoms with Crippen LogP contribution < -0.4 is 0 Å². The van der Waals surface area contributed by atoms with Gasteiger partial charge in [-0.05, 0) is 43.7 Å². The number of fused-ring (bicyclic) bond motifs is 1. The van der Waals surface area contributed by atoms with Gasteiger partial charge >= 0.3 is 0 Å². The molecule has 0 saturated carbocycles. The highest BCUT2D eigenvalue weighted by Gasteiger charge is 2.31. The molecular weight excluding hydrogens is 296 g/mol. The summed E-state index contributed by atoms with van der Waals surface area (Å²) in [5.41, 5.74) is 1.44. The first-order chi connectivity index (χ1) is 10.6. The molecule has 0 aliphatic carbocycles. The lowest BCUT2D eigenvalue weighted by Gasteiger charge is -2.39. The first-order valence-corrected chi connectivity index (χ1v) is 9.20. The van der Waals surface area contributed by atoms with Crippen molar-refractivity contribution in [2.45, 2.75) is 51.9 Å². The van der Waals surface area contributed by atoms with Crippen LogP contribution in [0.25, 0.3) is 0 Å². The van der Waals surface area contributed by atoms with Crippen molar-refractivity contribution in [1.29, 1.82) is 0 Å². The number of ether oxygens (including phenoxy) is 1. The quantitative estimate of drug-likeness (QED) is 0.858. The lowest BCUT2D eigenvalue weighted by molar-refractivity contribution is -0.145. The van der Waals surface area contributed by atoms with Crippen LogP contribution in [0.2, 0.25) is 0 Å². The minimum Gasteiger partial charge on any atom is -0.372 e. The Kier molecular flexibility index (Phi) is 4.85. The molecule has 1 aromatic rings. The van der Waals surface area contributed by atoms with Crippen LogP contribution in [0.1, 0.15) is 43.7 Å². The fraction of sp³-hybridized carbons (Fsp3) is 0.706. The number of carbonyl (C=O) groups is 1. The first-order valence-electron chi connectivity index (χ1n) is 8.32. The van der Waals surface area contributed by atoms with E-state index < -0.39 is 0 Å². The fourth-order valence-corrected chi connectivity index (χ4v) is 4.70. The summed E-state index contributed by atoms with van der Waals surface area (Å²) in [7, 11) is 0. The molecule has 122 valence electrons. The number of amides is 1. The molecule has 0 radical (unpaired) electrons. The Balaban J connectivity index is 1.66. The fourth-order valence-electron chi connectivity index (χ4n) is 3.77. The summed E-state index contributed by atoms with van der Waals surface area (Å²) in [5, 5.41) is 2.18. The minimum atomic E-state index is 0.138. The third kappa shape index (κ3) is 3.21. The Morgan fingerprint density at radius 1 is 1.36 bits per heavy atom. The molecule has 3 atom stereocenters. The monoisotopic (exact) mass is 322 g/mol. The summed E-state index contributed by atoms with van der Waals surface area (Å²) in [6, 6.07) is 2.64.